The number of thiazole rings is 1. The van der Waals surface area contributed by atoms with Crippen LogP contribution in [0.3, 0.4) is 0 Å². The number of hydrogen-bond donors (Lipinski definition) is 0. The highest BCUT2D eigenvalue weighted by Gasteiger charge is 2.33. The third kappa shape index (κ3) is 4.04. The molecule has 1 unspecified atom stereocenters. The average molecular weight is 423 g/mol. The van der Waals surface area contributed by atoms with Crippen LogP contribution in [0.1, 0.15) is 20.3 Å². The Kier molecular flexibility index (Phi) is 5.76. The first kappa shape index (κ1) is 20.0. The fraction of sp³-hybridized carbons (Fsp3) is 0.273. The number of esters is 1. The van der Waals surface area contributed by atoms with Gasteiger partial charge in [0.2, 0.25) is 0 Å². The van der Waals surface area contributed by atoms with Crippen LogP contribution in [-0.2, 0) is 14.3 Å². The molecule has 0 bridgehead atoms. The van der Waals surface area contributed by atoms with Gasteiger partial charge in [-0.25, -0.2) is 4.98 Å². The fourth-order valence-electron chi connectivity index (χ4n) is 3.13. The second-order valence-corrected chi connectivity index (χ2v) is 7.70. The van der Waals surface area contributed by atoms with Gasteiger partial charge >= 0.3 is 5.97 Å². The van der Waals surface area contributed by atoms with Gasteiger partial charge in [-0.1, -0.05) is 13.0 Å². The Morgan fingerprint density at radius 1 is 1.27 bits per heavy atom. The van der Waals surface area contributed by atoms with Crippen molar-refractivity contribution in [3.63, 3.8) is 0 Å². The van der Waals surface area contributed by atoms with Crippen molar-refractivity contribution >= 4 is 28.9 Å². The molecule has 8 heteroatoms. The molecule has 1 atom stereocenters. The lowest BCUT2D eigenvalue weighted by molar-refractivity contribution is -0.143. The van der Waals surface area contributed by atoms with Crippen LogP contribution in [-0.4, -0.2) is 41.1 Å². The first-order valence-corrected chi connectivity index (χ1v) is 10.6. The summed E-state index contributed by atoms with van der Waals surface area (Å²) < 4.78 is 10.9. The van der Waals surface area contributed by atoms with Gasteiger partial charge in [0.1, 0.15) is 17.3 Å². The Bertz CT molecular complexity index is 1070. The Balaban J connectivity index is 1.65. The molecule has 4 rings (SSSR count). The number of aromatic nitrogens is 2. The van der Waals surface area contributed by atoms with Crippen molar-refractivity contribution in [2.75, 3.05) is 18.1 Å². The van der Waals surface area contributed by atoms with E-state index in [1.807, 2.05) is 42.6 Å². The predicted octanol–water partition coefficient (Wildman–Crippen LogP) is 3.94. The molecule has 30 heavy (non-hydrogen) atoms. The molecule has 3 aromatic rings. The average Bonchev–Trinajstić information content (AvgIpc) is 3.26. The summed E-state index contributed by atoms with van der Waals surface area (Å²) in [5.41, 5.74) is 2.93. The maximum absolute atomic E-state index is 12.7. The third-order valence-electron chi connectivity index (χ3n) is 4.61. The normalized spacial score (nSPS) is 15.5. The number of fused-ring (bicyclic) bond motifs is 1. The topological polar surface area (TPSA) is 81.6 Å². The van der Waals surface area contributed by atoms with E-state index in [0.717, 1.165) is 28.4 Å². The Hall–Kier alpha value is -3.26. The summed E-state index contributed by atoms with van der Waals surface area (Å²) >= 11 is 1.50. The number of ether oxygens (including phenoxy) is 2. The second kappa shape index (κ2) is 8.62. The number of hydrogen-bond acceptors (Lipinski definition) is 7. The van der Waals surface area contributed by atoms with Gasteiger partial charge < -0.3 is 9.47 Å². The first-order chi connectivity index (χ1) is 14.6. The number of carbonyl (C=O) groups is 2. The lowest BCUT2D eigenvalue weighted by Crippen LogP contribution is -2.47. The Morgan fingerprint density at radius 3 is 2.90 bits per heavy atom. The number of nitrogens with zero attached hydrogens (tertiary/aromatic N) is 3. The van der Waals surface area contributed by atoms with Gasteiger partial charge in [0.05, 0.1) is 23.7 Å². The van der Waals surface area contributed by atoms with E-state index in [9.17, 15) is 9.59 Å². The zero-order chi connectivity index (χ0) is 21.1. The number of anilines is 1. The van der Waals surface area contributed by atoms with E-state index in [1.165, 1.54) is 16.2 Å². The summed E-state index contributed by atoms with van der Waals surface area (Å²) in [7, 11) is 0. The fourth-order valence-corrected chi connectivity index (χ4v) is 3.94. The number of benzene rings is 1. The van der Waals surface area contributed by atoms with Crippen molar-refractivity contribution in [3.8, 4) is 27.7 Å². The maximum Gasteiger partial charge on any atom is 0.326 e. The van der Waals surface area contributed by atoms with Crippen LogP contribution >= 0.6 is 11.3 Å². The molecular formula is C22H21N3O4S. The van der Waals surface area contributed by atoms with Crippen molar-refractivity contribution in [1.29, 1.82) is 0 Å². The van der Waals surface area contributed by atoms with Crippen molar-refractivity contribution in [1.82, 2.24) is 9.97 Å². The van der Waals surface area contributed by atoms with Gasteiger partial charge in [0, 0.05) is 17.1 Å². The number of carbonyl (C=O) groups excluding carboxylic acids is 2. The van der Waals surface area contributed by atoms with Gasteiger partial charge in [-0.15, -0.1) is 11.3 Å². The number of rotatable bonds is 6. The minimum absolute atomic E-state index is 0.154. The van der Waals surface area contributed by atoms with Crippen molar-refractivity contribution in [3.05, 3.63) is 48.0 Å². The molecule has 0 N–H and O–H groups in total. The molecule has 1 aliphatic rings. The minimum atomic E-state index is -0.669. The van der Waals surface area contributed by atoms with E-state index in [2.05, 4.69) is 9.97 Å². The van der Waals surface area contributed by atoms with Gasteiger partial charge in [0.25, 0.3) is 5.91 Å². The molecule has 0 radical (unpaired) electrons. The highest BCUT2D eigenvalue weighted by atomic mass is 32.1. The van der Waals surface area contributed by atoms with E-state index in [0.29, 0.717) is 18.0 Å². The second-order valence-electron chi connectivity index (χ2n) is 6.84. The van der Waals surface area contributed by atoms with Crippen LogP contribution in [0, 0.1) is 0 Å². The monoisotopic (exact) mass is 423 g/mol. The van der Waals surface area contributed by atoms with Crippen molar-refractivity contribution < 1.29 is 19.1 Å². The molecule has 2 aromatic heterocycles. The van der Waals surface area contributed by atoms with Gasteiger partial charge in [-0.2, -0.15) is 0 Å². The molecule has 0 saturated carbocycles. The van der Waals surface area contributed by atoms with Crippen LogP contribution < -0.4 is 9.64 Å². The summed E-state index contributed by atoms with van der Waals surface area (Å²) in [6.45, 7) is 3.77. The van der Waals surface area contributed by atoms with Crippen LogP contribution in [0.2, 0.25) is 0 Å². The van der Waals surface area contributed by atoms with Crippen LogP contribution in [0.25, 0.3) is 22.0 Å². The Morgan fingerprint density at radius 2 is 2.13 bits per heavy atom. The van der Waals surface area contributed by atoms with E-state index < -0.39 is 12.1 Å². The lowest BCUT2D eigenvalue weighted by atomic mass is 10.1. The molecule has 7 nitrogen and oxygen atoms in total. The largest absolute Gasteiger partial charge is 0.479 e. The van der Waals surface area contributed by atoms with Crippen molar-refractivity contribution in [2.45, 2.75) is 26.4 Å². The summed E-state index contributed by atoms with van der Waals surface area (Å²) in [6, 6.07) is 11.2. The van der Waals surface area contributed by atoms with Gasteiger partial charge in [-0.3, -0.25) is 19.5 Å². The number of pyridine rings is 1. The predicted molar refractivity (Wildman–Crippen MR) is 114 cm³/mol. The molecular weight excluding hydrogens is 402 g/mol. The van der Waals surface area contributed by atoms with Crippen LogP contribution in [0.4, 0.5) is 5.69 Å². The van der Waals surface area contributed by atoms with E-state index in [4.69, 9.17) is 9.47 Å². The standard InChI is InChI=1S/C22H21N3O4S/c1-3-10-28-20(26)12-25-18-11-15(7-8-19(18)29-14(2)22(25)27)17-13-30-21(24-17)16-6-4-5-9-23-16/h4-9,11,13-14H,3,10,12H2,1-2H3. The van der Waals surface area contributed by atoms with E-state index in [1.54, 1.807) is 19.2 Å². The smallest absolute Gasteiger partial charge is 0.326 e. The molecule has 0 fully saturated rings. The highest BCUT2D eigenvalue weighted by molar-refractivity contribution is 7.13. The third-order valence-corrected chi connectivity index (χ3v) is 5.47. The quantitative estimate of drug-likeness (QED) is 0.559. The minimum Gasteiger partial charge on any atom is -0.479 e. The van der Waals surface area contributed by atoms with Crippen molar-refractivity contribution in [2.24, 2.45) is 0 Å². The SMILES string of the molecule is CCCOC(=O)CN1C(=O)C(C)Oc2ccc(-c3csc(-c4ccccn4)n3)cc21. The molecule has 0 spiro atoms. The molecule has 154 valence electrons. The molecule has 1 aliphatic heterocycles. The molecule has 0 aliphatic carbocycles. The van der Waals surface area contributed by atoms with Gasteiger partial charge in [-0.05, 0) is 43.7 Å². The molecule has 0 saturated heterocycles. The van der Waals surface area contributed by atoms with Gasteiger partial charge in [0.15, 0.2) is 6.10 Å². The van der Waals surface area contributed by atoms with Crippen LogP contribution in [0.5, 0.6) is 5.75 Å². The Labute approximate surface area is 178 Å². The van der Waals surface area contributed by atoms with E-state index in [-0.39, 0.29) is 12.5 Å². The molecule has 3 heterocycles. The maximum atomic E-state index is 12.7. The summed E-state index contributed by atoms with van der Waals surface area (Å²) in [4.78, 5) is 35.3. The molecule has 1 amide bonds. The van der Waals surface area contributed by atoms with Crippen LogP contribution in [0.15, 0.2) is 48.0 Å². The zero-order valence-electron chi connectivity index (χ0n) is 16.7. The lowest BCUT2D eigenvalue weighted by Gasteiger charge is -2.32. The van der Waals surface area contributed by atoms with E-state index >= 15 is 0 Å². The zero-order valence-corrected chi connectivity index (χ0v) is 17.5. The highest BCUT2D eigenvalue weighted by Crippen LogP contribution is 2.38. The summed E-state index contributed by atoms with van der Waals surface area (Å²) in [5.74, 6) is -0.170. The summed E-state index contributed by atoms with van der Waals surface area (Å²) in [5, 5.41) is 2.75. The molecule has 1 aromatic carbocycles. The first-order valence-electron chi connectivity index (χ1n) is 9.72. The number of amides is 1. The summed E-state index contributed by atoms with van der Waals surface area (Å²) in [6.07, 6.45) is 1.79.